The number of aromatic nitrogens is 1. The number of rotatable bonds is 5. The van der Waals surface area contributed by atoms with Gasteiger partial charge in [-0.15, -0.1) is 11.3 Å². The highest BCUT2D eigenvalue weighted by molar-refractivity contribution is 7.18. The lowest BCUT2D eigenvalue weighted by Crippen LogP contribution is -2.00. The van der Waals surface area contributed by atoms with Gasteiger partial charge in [0, 0.05) is 12.1 Å². The molecule has 6 nitrogen and oxygen atoms in total. The molecule has 0 aliphatic carbocycles. The van der Waals surface area contributed by atoms with Crippen LogP contribution in [0.5, 0.6) is 0 Å². The van der Waals surface area contributed by atoms with E-state index in [1.54, 1.807) is 18.2 Å². The zero-order valence-electron chi connectivity index (χ0n) is 12.4. The third-order valence-electron chi connectivity index (χ3n) is 3.21. The van der Waals surface area contributed by atoms with Crippen molar-refractivity contribution in [1.29, 1.82) is 0 Å². The van der Waals surface area contributed by atoms with E-state index in [0.29, 0.717) is 10.6 Å². The lowest BCUT2D eigenvalue weighted by molar-refractivity contribution is -0.385. The number of fused-ring (bicyclic) bond motifs is 1. The fourth-order valence-electron chi connectivity index (χ4n) is 2.12. The minimum atomic E-state index is -0.576. The lowest BCUT2D eigenvalue weighted by atomic mass is 10.1. The molecule has 0 atom stereocenters. The van der Waals surface area contributed by atoms with Crippen LogP contribution in [-0.4, -0.2) is 15.9 Å². The molecule has 0 unspecified atom stereocenters. The highest BCUT2D eigenvalue weighted by Gasteiger charge is 2.10. The largest absolute Gasteiger partial charge is 0.455 e. The molecular formula is C17H12N2O4S. The molecule has 0 radical (unpaired) electrons. The summed E-state index contributed by atoms with van der Waals surface area (Å²) < 4.78 is 6.16. The van der Waals surface area contributed by atoms with Gasteiger partial charge in [0.2, 0.25) is 0 Å². The Morgan fingerprint density at radius 3 is 2.75 bits per heavy atom. The number of para-hydroxylation sites is 2. The molecule has 3 aromatic rings. The highest BCUT2D eigenvalue weighted by Crippen LogP contribution is 2.22. The number of carbonyl (C=O) groups excluding carboxylic acids is 1. The molecule has 3 rings (SSSR count). The molecule has 0 aliphatic rings. The van der Waals surface area contributed by atoms with E-state index in [2.05, 4.69) is 4.98 Å². The number of carbonyl (C=O) groups is 1. The molecule has 0 bridgehead atoms. The Hall–Kier alpha value is -3.06. The summed E-state index contributed by atoms with van der Waals surface area (Å²) in [5, 5.41) is 11.6. The summed E-state index contributed by atoms with van der Waals surface area (Å²) in [4.78, 5) is 26.6. The van der Waals surface area contributed by atoms with E-state index in [0.717, 1.165) is 10.2 Å². The highest BCUT2D eigenvalue weighted by atomic mass is 32.1. The molecule has 2 aromatic carbocycles. The Morgan fingerprint density at radius 1 is 1.21 bits per heavy atom. The van der Waals surface area contributed by atoms with Gasteiger partial charge in [0.1, 0.15) is 11.6 Å². The normalized spacial score (nSPS) is 11.0. The van der Waals surface area contributed by atoms with Crippen LogP contribution >= 0.6 is 11.3 Å². The topological polar surface area (TPSA) is 82.3 Å². The maximum Gasteiger partial charge on any atom is 0.331 e. The Balaban J connectivity index is 1.64. The predicted molar refractivity (Wildman–Crippen MR) is 91.5 cm³/mol. The fraction of sp³-hybridized carbons (Fsp3) is 0.0588. The van der Waals surface area contributed by atoms with Gasteiger partial charge in [-0.1, -0.05) is 24.3 Å². The van der Waals surface area contributed by atoms with E-state index in [1.807, 2.05) is 24.3 Å². The van der Waals surface area contributed by atoms with E-state index in [9.17, 15) is 14.9 Å². The molecule has 0 spiro atoms. The first-order valence-corrected chi connectivity index (χ1v) is 7.88. The number of nitro benzene ring substituents is 1. The van der Waals surface area contributed by atoms with Crippen molar-refractivity contribution < 1.29 is 14.5 Å². The third kappa shape index (κ3) is 3.64. The van der Waals surface area contributed by atoms with Gasteiger partial charge in [-0.2, -0.15) is 0 Å². The number of hydrogen-bond acceptors (Lipinski definition) is 6. The number of nitrogens with zero attached hydrogens (tertiary/aromatic N) is 2. The summed E-state index contributed by atoms with van der Waals surface area (Å²) in [6, 6.07) is 13.8. The van der Waals surface area contributed by atoms with E-state index >= 15 is 0 Å². The first kappa shape index (κ1) is 15.8. The van der Waals surface area contributed by atoms with Crippen LogP contribution in [0.1, 0.15) is 10.6 Å². The number of ether oxygens (including phenoxy) is 1. The summed E-state index contributed by atoms with van der Waals surface area (Å²) in [5.74, 6) is -0.576. The van der Waals surface area contributed by atoms with Crippen molar-refractivity contribution in [2.24, 2.45) is 0 Å². The van der Waals surface area contributed by atoms with Crippen LogP contribution in [0.4, 0.5) is 5.69 Å². The minimum Gasteiger partial charge on any atom is -0.455 e. The number of esters is 1. The molecule has 0 amide bonds. The number of hydrogen-bond donors (Lipinski definition) is 0. The van der Waals surface area contributed by atoms with Crippen molar-refractivity contribution in [1.82, 2.24) is 4.98 Å². The predicted octanol–water partition coefficient (Wildman–Crippen LogP) is 3.96. The minimum absolute atomic E-state index is 0.0623. The average Bonchev–Trinajstić information content (AvgIpc) is 3.01. The molecular weight excluding hydrogens is 328 g/mol. The van der Waals surface area contributed by atoms with Gasteiger partial charge in [0.15, 0.2) is 0 Å². The third-order valence-corrected chi connectivity index (χ3v) is 4.22. The molecule has 1 heterocycles. The Labute approximate surface area is 141 Å². The monoisotopic (exact) mass is 340 g/mol. The van der Waals surface area contributed by atoms with Gasteiger partial charge >= 0.3 is 5.97 Å². The second-order valence-corrected chi connectivity index (χ2v) is 5.95. The van der Waals surface area contributed by atoms with Crippen molar-refractivity contribution in [3.8, 4) is 0 Å². The van der Waals surface area contributed by atoms with Crippen LogP contribution in [-0.2, 0) is 16.1 Å². The summed E-state index contributed by atoms with van der Waals surface area (Å²) in [7, 11) is 0. The van der Waals surface area contributed by atoms with Crippen LogP contribution in [0.2, 0.25) is 0 Å². The van der Waals surface area contributed by atoms with Crippen LogP contribution in [0.3, 0.4) is 0 Å². The van der Waals surface area contributed by atoms with Crippen molar-refractivity contribution in [3.05, 3.63) is 75.3 Å². The van der Waals surface area contributed by atoms with Gasteiger partial charge in [-0.05, 0) is 24.3 Å². The fourth-order valence-corrected chi connectivity index (χ4v) is 3.00. The molecule has 120 valence electrons. The van der Waals surface area contributed by atoms with Crippen LogP contribution in [0.15, 0.2) is 54.6 Å². The standard InChI is InChI=1S/C17H12N2O4S/c20-17(10-9-12-5-1-3-7-14(12)19(21)22)23-11-16-18-13-6-2-4-8-15(13)24-16/h1-10H,11H2/b10-9+. The Kier molecular flexibility index (Phi) is 4.62. The number of nitro groups is 1. The molecule has 0 fully saturated rings. The summed E-state index contributed by atoms with van der Waals surface area (Å²) >= 11 is 1.46. The zero-order valence-corrected chi connectivity index (χ0v) is 13.2. The molecule has 24 heavy (non-hydrogen) atoms. The van der Waals surface area contributed by atoms with Gasteiger partial charge in [0.25, 0.3) is 5.69 Å². The molecule has 0 saturated heterocycles. The van der Waals surface area contributed by atoms with E-state index in [1.165, 1.54) is 29.6 Å². The van der Waals surface area contributed by atoms with E-state index in [-0.39, 0.29) is 12.3 Å². The Morgan fingerprint density at radius 2 is 1.96 bits per heavy atom. The first-order valence-electron chi connectivity index (χ1n) is 7.06. The van der Waals surface area contributed by atoms with Gasteiger partial charge in [-0.3, -0.25) is 10.1 Å². The van der Waals surface area contributed by atoms with Gasteiger partial charge in [-0.25, -0.2) is 9.78 Å². The van der Waals surface area contributed by atoms with Crippen molar-refractivity contribution in [2.75, 3.05) is 0 Å². The van der Waals surface area contributed by atoms with E-state index in [4.69, 9.17) is 4.74 Å². The maximum absolute atomic E-state index is 11.8. The van der Waals surface area contributed by atoms with Crippen LogP contribution < -0.4 is 0 Å². The molecule has 0 saturated carbocycles. The lowest BCUT2D eigenvalue weighted by Gasteiger charge is -1.99. The van der Waals surface area contributed by atoms with Crippen molar-refractivity contribution in [3.63, 3.8) is 0 Å². The summed E-state index contributed by atoms with van der Waals surface area (Å²) in [5.41, 5.74) is 1.15. The Bertz CT molecular complexity index is 900. The summed E-state index contributed by atoms with van der Waals surface area (Å²) in [6.07, 6.45) is 2.55. The molecule has 7 heteroatoms. The van der Waals surface area contributed by atoms with Crippen LogP contribution in [0, 0.1) is 10.1 Å². The second-order valence-electron chi connectivity index (χ2n) is 4.83. The van der Waals surface area contributed by atoms with Crippen molar-refractivity contribution >= 4 is 39.3 Å². The second kappa shape index (κ2) is 7.01. The van der Waals surface area contributed by atoms with E-state index < -0.39 is 10.9 Å². The zero-order chi connectivity index (χ0) is 16.9. The smallest absolute Gasteiger partial charge is 0.331 e. The first-order chi connectivity index (χ1) is 11.6. The van der Waals surface area contributed by atoms with Gasteiger partial charge in [0.05, 0.1) is 20.7 Å². The maximum atomic E-state index is 11.8. The van der Waals surface area contributed by atoms with Crippen molar-refractivity contribution in [2.45, 2.75) is 6.61 Å². The SMILES string of the molecule is O=C(/C=C/c1ccccc1[N+](=O)[O-])OCc1nc2ccccc2s1. The quantitative estimate of drug-likeness (QED) is 0.304. The van der Waals surface area contributed by atoms with Gasteiger partial charge < -0.3 is 4.74 Å². The van der Waals surface area contributed by atoms with Crippen LogP contribution in [0.25, 0.3) is 16.3 Å². The summed E-state index contributed by atoms with van der Waals surface area (Å²) in [6.45, 7) is 0.0689. The molecule has 0 aliphatic heterocycles. The number of thiazole rings is 1. The molecule has 1 aromatic heterocycles. The number of benzene rings is 2. The molecule has 0 N–H and O–H groups in total. The average molecular weight is 340 g/mol.